The number of carbonyl (C=O) groups excluding carboxylic acids is 1. The number of rotatable bonds is 6. The van der Waals surface area contributed by atoms with Crippen LogP contribution in [-0.4, -0.2) is 30.4 Å². The molecule has 1 aromatic carbocycles. The van der Waals surface area contributed by atoms with E-state index < -0.39 is 0 Å². The molecule has 1 saturated carbocycles. The first-order valence-electron chi connectivity index (χ1n) is 6.79. The predicted molar refractivity (Wildman–Crippen MR) is 73.3 cm³/mol. The van der Waals surface area contributed by atoms with E-state index in [1.165, 1.54) is 0 Å². The monoisotopic (exact) mass is 246 g/mol. The summed E-state index contributed by atoms with van der Waals surface area (Å²) in [5.74, 6) is 0.265. The fourth-order valence-corrected chi connectivity index (χ4v) is 2.55. The Morgan fingerprint density at radius 2 is 1.94 bits per heavy atom. The number of hydrogen-bond donors (Lipinski definition) is 1. The van der Waals surface area contributed by atoms with Crippen molar-refractivity contribution < 1.29 is 4.79 Å². The maximum Gasteiger partial charge on any atom is 0.233 e. The van der Waals surface area contributed by atoms with Gasteiger partial charge in [-0.3, -0.25) is 4.79 Å². The summed E-state index contributed by atoms with van der Waals surface area (Å²) in [5, 5.41) is 0. The zero-order valence-corrected chi connectivity index (χ0v) is 11.1. The summed E-state index contributed by atoms with van der Waals surface area (Å²) in [5.41, 5.74) is 6.52. The molecule has 3 nitrogen and oxygen atoms in total. The molecule has 1 amide bonds. The van der Waals surface area contributed by atoms with Crippen molar-refractivity contribution in [3.8, 4) is 0 Å². The van der Waals surface area contributed by atoms with Crippen LogP contribution in [0.25, 0.3) is 0 Å². The SMILES string of the molecule is CCCN(CCN)C(=O)C1(c2ccccc2)CC1. The van der Waals surface area contributed by atoms with Gasteiger partial charge in [0.1, 0.15) is 0 Å². The molecule has 1 aromatic rings. The Morgan fingerprint density at radius 1 is 1.28 bits per heavy atom. The lowest BCUT2D eigenvalue weighted by Gasteiger charge is -2.27. The summed E-state index contributed by atoms with van der Waals surface area (Å²) in [4.78, 5) is 14.6. The summed E-state index contributed by atoms with van der Waals surface area (Å²) in [7, 11) is 0. The highest BCUT2D eigenvalue weighted by atomic mass is 16.2. The highest BCUT2D eigenvalue weighted by molar-refractivity contribution is 5.91. The molecule has 3 heteroatoms. The Labute approximate surface area is 109 Å². The minimum atomic E-state index is -0.244. The molecular formula is C15H22N2O. The maximum atomic E-state index is 12.7. The molecule has 2 rings (SSSR count). The summed E-state index contributed by atoms with van der Waals surface area (Å²) in [6.45, 7) is 4.11. The van der Waals surface area contributed by atoms with E-state index in [2.05, 4.69) is 19.1 Å². The molecule has 0 saturated heterocycles. The van der Waals surface area contributed by atoms with Crippen LogP contribution in [0.3, 0.4) is 0 Å². The Hall–Kier alpha value is -1.35. The minimum Gasteiger partial charge on any atom is -0.341 e. The molecule has 0 atom stereocenters. The quantitative estimate of drug-likeness (QED) is 0.833. The summed E-state index contributed by atoms with van der Waals surface area (Å²) >= 11 is 0. The van der Waals surface area contributed by atoms with Gasteiger partial charge in [0.15, 0.2) is 0 Å². The molecule has 0 unspecified atom stereocenters. The molecule has 0 aromatic heterocycles. The van der Waals surface area contributed by atoms with E-state index in [0.29, 0.717) is 13.1 Å². The van der Waals surface area contributed by atoms with Crippen LogP contribution < -0.4 is 5.73 Å². The molecule has 1 aliphatic carbocycles. The van der Waals surface area contributed by atoms with Crippen molar-refractivity contribution in [2.24, 2.45) is 5.73 Å². The van der Waals surface area contributed by atoms with Crippen molar-refractivity contribution in [2.75, 3.05) is 19.6 Å². The van der Waals surface area contributed by atoms with Crippen LogP contribution in [0, 0.1) is 0 Å². The Bertz CT molecular complexity index is 392. The van der Waals surface area contributed by atoms with Crippen LogP contribution in [0.4, 0.5) is 0 Å². The van der Waals surface area contributed by atoms with E-state index in [4.69, 9.17) is 5.73 Å². The van der Waals surface area contributed by atoms with Crippen LogP contribution in [0.15, 0.2) is 30.3 Å². The first kappa shape index (κ1) is 13.1. The van der Waals surface area contributed by atoms with Gasteiger partial charge < -0.3 is 10.6 Å². The third-order valence-electron chi connectivity index (χ3n) is 3.67. The molecule has 18 heavy (non-hydrogen) atoms. The standard InChI is InChI=1S/C15H22N2O/c1-2-11-17(12-10-16)14(18)15(8-9-15)13-6-4-3-5-7-13/h3-7H,2,8-12,16H2,1H3. The first-order chi connectivity index (χ1) is 8.74. The second-order valence-corrected chi connectivity index (χ2v) is 5.03. The summed E-state index contributed by atoms with van der Waals surface area (Å²) in [6, 6.07) is 10.1. The molecule has 98 valence electrons. The normalized spacial score (nSPS) is 16.3. The van der Waals surface area contributed by atoms with E-state index >= 15 is 0 Å². The molecule has 0 heterocycles. The number of nitrogens with zero attached hydrogens (tertiary/aromatic N) is 1. The van der Waals surface area contributed by atoms with Gasteiger partial charge in [0.2, 0.25) is 5.91 Å². The Morgan fingerprint density at radius 3 is 2.44 bits per heavy atom. The Balaban J connectivity index is 2.17. The van der Waals surface area contributed by atoms with Crippen LogP contribution >= 0.6 is 0 Å². The first-order valence-corrected chi connectivity index (χ1v) is 6.79. The van der Waals surface area contributed by atoms with Crippen molar-refractivity contribution in [3.63, 3.8) is 0 Å². The number of carbonyl (C=O) groups is 1. The average Bonchev–Trinajstić information content (AvgIpc) is 3.20. The molecule has 0 aliphatic heterocycles. The highest BCUT2D eigenvalue weighted by Crippen LogP contribution is 2.49. The summed E-state index contributed by atoms with van der Waals surface area (Å²) in [6.07, 6.45) is 2.93. The lowest BCUT2D eigenvalue weighted by molar-refractivity contribution is -0.133. The fraction of sp³-hybridized carbons (Fsp3) is 0.533. The Kier molecular flexibility index (Phi) is 4.02. The van der Waals surface area contributed by atoms with Crippen LogP contribution in [0.5, 0.6) is 0 Å². The van der Waals surface area contributed by atoms with Gasteiger partial charge in [-0.25, -0.2) is 0 Å². The van der Waals surface area contributed by atoms with Crippen molar-refractivity contribution in [3.05, 3.63) is 35.9 Å². The van der Waals surface area contributed by atoms with E-state index in [-0.39, 0.29) is 11.3 Å². The zero-order chi connectivity index (χ0) is 13.0. The van der Waals surface area contributed by atoms with Crippen molar-refractivity contribution >= 4 is 5.91 Å². The third-order valence-corrected chi connectivity index (χ3v) is 3.67. The highest BCUT2D eigenvalue weighted by Gasteiger charge is 2.52. The van der Waals surface area contributed by atoms with E-state index in [9.17, 15) is 4.79 Å². The number of nitrogens with two attached hydrogens (primary N) is 1. The van der Waals surface area contributed by atoms with Gasteiger partial charge in [-0.2, -0.15) is 0 Å². The van der Waals surface area contributed by atoms with Gasteiger partial charge in [0.05, 0.1) is 5.41 Å². The number of benzene rings is 1. The van der Waals surface area contributed by atoms with Crippen molar-refractivity contribution in [2.45, 2.75) is 31.6 Å². The minimum absolute atomic E-state index is 0.244. The predicted octanol–water partition coefficient (Wildman–Crippen LogP) is 1.92. The van der Waals surface area contributed by atoms with Gasteiger partial charge >= 0.3 is 0 Å². The molecular weight excluding hydrogens is 224 g/mol. The van der Waals surface area contributed by atoms with E-state index in [1.807, 2.05) is 23.1 Å². The fourth-order valence-electron chi connectivity index (χ4n) is 2.55. The average molecular weight is 246 g/mol. The van der Waals surface area contributed by atoms with Gasteiger partial charge in [-0.05, 0) is 24.8 Å². The van der Waals surface area contributed by atoms with Gasteiger partial charge in [-0.1, -0.05) is 37.3 Å². The number of amides is 1. The molecule has 0 radical (unpaired) electrons. The van der Waals surface area contributed by atoms with Crippen LogP contribution in [-0.2, 0) is 10.2 Å². The molecule has 0 spiro atoms. The molecule has 1 fully saturated rings. The lowest BCUT2D eigenvalue weighted by atomic mass is 9.94. The van der Waals surface area contributed by atoms with E-state index in [1.54, 1.807) is 0 Å². The van der Waals surface area contributed by atoms with Crippen LogP contribution in [0.2, 0.25) is 0 Å². The van der Waals surface area contributed by atoms with E-state index in [0.717, 1.165) is 31.4 Å². The van der Waals surface area contributed by atoms with Crippen molar-refractivity contribution in [1.29, 1.82) is 0 Å². The largest absolute Gasteiger partial charge is 0.341 e. The van der Waals surface area contributed by atoms with Gasteiger partial charge in [-0.15, -0.1) is 0 Å². The van der Waals surface area contributed by atoms with Gasteiger partial charge in [0, 0.05) is 19.6 Å². The smallest absolute Gasteiger partial charge is 0.233 e. The second kappa shape index (κ2) is 5.53. The maximum absolute atomic E-state index is 12.7. The molecule has 1 aliphatic rings. The molecule has 0 bridgehead atoms. The summed E-state index contributed by atoms with van der Waals surface area (Å²) < 4.78 is 0. The van der Waals surface area contributed by atoms with Gasteiger partial charge in [0.25, 0.3) is 0 Å². The van der Waals surface area contributed by atoms with Crippen molar-refractivity contribution in [1.82, 2.24) is 4.90 Å². The number of hydrogen-bond acceptors (Lipinski definition) is 2. The second-order valence-electron chi connectivity index (χ2n) is 5.03. The molecule has 2 N–H and O–H groups in total. The third kappa shape index (κ3) is 2.41. The lowest BCUT2D eigenvalue weighted by Crippen LogP contribution is -2.42. The zero-order valence-electron chi connectivity index (χ0n) is 11.1. The topological polar surface area (TPSA) is 46.3 Å². The van der Waals surface area contributed by atoms with Crippen LogP contribution in [0.1, 0.15) is 31.7 Å².